The highest BCUT2D eigenvalue weighted by Crippen LogP contribution is 2.17. The Hall–Kier alpha value is -2.82. The Morgan fingerprint density at radius 2 is 1.87 bits per heavy atom. The molecule has 2 aromatic carbocycles. The van der Waals surface area contributed by atoms with E-state index in [4.69, 9.17) is 10.5 Å². The summed E-state index contributed by atoms with van der Waals surface area (Å²) in [5, 5.41) is 0. The van der Waals surface area contributed by atoms with Crippen LogP contribution in [0.1, 0.15) is 17.3 Å². The van der Waals surface area contributed by atoms with Gasteiger partial charge < -0.3 is 4.74 Å². The van der Waals surface area contributed by atoms with Gasteiger partial charge in [0, 0.05) is 5.56 Å². The molecule has 1 heterocycles. The number of carbonyl (C=O) groups excluding carboxylic acids is 1. The Kier molecular flexibility index (Phi) is 4.02. The van der Waals surface area contributed by atoms with Crippen LogP contribution in [0.4, 0.5) is 5.95 Å². The molecule has 0 fully saturated rings. The van der Waals surface area contributed by atoms with Crippen LogP contribution in [0.5, 0.6) is 5.75 Å². The van der Waals surface area contributed by atoms with Gasteiger partial charge in [-0.2, -0.15) is 0 Å². The van der Waals surface area contributed by atoms with E-state index in [0.717, 1.165) is 23.3 Å². The average molecular weight is 310 g/mol. The van der Waals surface area contributed by atoms with E-state index in [9.17, 15) is 4.79 Å². The van der Waals surface area contributed by atoms with Gasteiger partial charge in [0.15, 0.2) is 5.78 Å². The molecule has 0 atom stereocenters. The third-order valence-corrected chi connectivity index (χ3v) is 4.05. The number of ether oxygens (including phenoxy) is 1. The first-order chi connectivity index (χ1) is 11.2. The van der Waals surface area contributed by atoms with Gasteiger partial charge in [0.2, 0.25) is 0 Å². The Balaban J connectivity index is 1.97. The molecule has 0 radical (unpaired) electrons. The summed E-state index contributed by atoms with van der Waals surface area (Å²) < 4.78 is 9.00. The third-order valence-electron chi connectivity index (χ3n) is 4.05. The lowest BCUT2D eigenvalue weighted by molar-refractivity contribution is -0.642. The quantitative estimate of drug-likeness (QED) is 0.581. The van der Waals surface area contributed by atoms with Crippen molar-refractivity contribution in [3.63, 3.8) is 0 Å². The van der Waals surface area contributed by atoms with Crippen molar-refractivity contribution in [2.24, 2.45) is 0 Å². The van der Waals surface area contributed by atoms with Gasteiger partial charge in [-0.25, -0.2) is 9.13 Å². The van der Waals surface area contributed by atoms with Gasteiger partial charge in [0.25, 0.3) is 0 Å². The van der Waals surface area contributed by atoms with Crippen molar-refractivity contribution >= 4 is 22.8 Å². The van der Waals surface area contributed by atoms with Crippen LogP contribution in [0.2, 0.25) is 0 Å². The van der Waals surface area contributed by atoms with Gasteiger partial charge >= 0.3 is 5.95 Å². The van der Waals surface area contributed by atoms with Crippen LogP contribution in [0.15, 0.2) is 48.5 Å². The fourth-order valence-electron chi connectivity index (χ4n) is 2.82. The standard InChI is InChI=1S/C18H19N3O2/c1-3-20-15-6-4-5-7-16(15)21(18(20)19)12-17(22)13-8-10-14(23-2)11-9-13/h4-11,19H,3,12H2,1-2H3/p+1. The Bertz CT molecular complexity index is 851. The number of Topliss-reactive ketones (excluding diaryl/α,β-unsaturated/α-hetero) is 1. The molecule has 0 unspecified atom stereocenters. The molecule has 0 aliphatic carbocycles. The van der Waals surface area contributed by atoms with Crippen molar-refractivity contribution in [1.29, 1.82) is 0 Å². The first kappa shape index (κ1) is 15.1. The number of hydrogen-bond acceptors (Lipinski definition) is 3. The van der Waals surface area contributed by atoms with Crippen LogP contribution >= 0.6 is 0 Å². The molecule has 23 heavy (non-hydrogen) atoms. The van der Waals surface area contributed by atoms with E-state index < -0.39 is 0 Å². The molecule has 0 spiro atoms. The molecule has 5 nitrogen and oxygen atoms in total. The van der Waals surface area contributed by atoms with Crippen LogP contribution < -0.4 is 15.0 Å². The van der Waals surface area contributed by atoms with Crippen LogP contribution in [-0.4, -0.2) is 17.5 Å². The molecule has 118 valence electrons. The molecule has 0 bridgehead atoms. The van der Waals surface area contributed by atoms with Crippen molar-refractivity contribution in [2.45, 2.75) is 20.0 Å². The molecule has 0 aliphatic heterocycles. The maximum Gasteiger partial charge on any atom is 0.356 e. The van der Waals surface area contributed by atoms with Gasteiger partial charge in [-0.1, -0.05) is 12.1 Å². The monoisotopic (exact) mass is 310 g/mol. The molecule has 2 N–H and O–H groups in total. The zero-order valence-electron chi connectivity index (χ0n) is 13.3. The molecule has 0 saturated carbocycles. The fourth-order valence-corrected chi connectivity index (χ4v) is 2.82. The summed E-state index contributed by atoms with van der Waals surface area (Å²) in [5.41, 5.74) is 8.90. The highest BCUT2D eigenvalue weighted by atomic mass is 16.5. The molecule has 1 aromatic heterocycles. The number of hydrogen-bond donors (Lipinski definition) is 1. The van der Waals surface area contributed by atoms with Crippen molar-refractivity contribution in [2.75, 3.05) is 12.8 Å². The molecular weight excluding hydrogens is 290 g/mol. The van der Waals surface area contributed by atoms with E-state index >= 15 is 0 Å². The number of aryl methyl sites for hydroxylation is 1. The summed E-state index contributed by atoms with van der Waals surface area (Å²) in [6, 6.07) is 15.1. The molecule has 3 aromatic rings. The van der Waals surface area contributed by atoms with Gasteiger partial charge in [0.05, 0.1) is 13.7 Å². The number of imidazole rings is 1. The minimum atomic E-state index is 0.0170. The number of methoxy groups -OCH3 is 1. The van der Waals surface area contributed by atoms with Crippen molar-refractivity contribution in [1.82, 2.24) is 4.57 Å². The highest BCUT2D eigenvalue weighted by molar-refractivity contribution is 5.95. The lowest BCUT2D eigenvalue weighted by Gasteiger charge is -2.03. The van der Waals surface area contributed by atoms with E-state index in [0.29, 0.717) is 11.5 Å². The average Bonchev–Trinajstić information content (AvgIpc) is 2.86. The second-order valence-electron chi connectivity index (χ2n) is 5.33. The van der Waals surface area contributed by atoms with Gasteiger partial charge in [-0.3, -0.25) is 10.5 Å². The van der Waals surface area contributed by atoms with Gasteiger partial charge in [-0.15, -0.1) is 0 Å². The number of ketones is 1. The zero-order chi connectivity index (χ0) is 16.4. The topological polar surface area (TPSA) is 61.1 Å². The van der Waals surface area contributed by atoms with Crippen LogP contribution in [0.3, 0.4) is 0 Å². The normalized spacial score (nSPS) is 10.9. The van der Waals surface area contributed by atoms with Crippen LogP contribution in [0, 0.1) is 0 Å². The Labute approximate surface area is 134 Å². The molecule has 5 heteroatoms. The highest BCUT2D eigenvalue weighted by Gasteiger charge is 2.22. The Morgan fingerprint density at radius 3 is 2.52 bits per heavy atom. The number of aromatic nitrogens is 2. The van der Waals surface area contributed by atoms with Gasteiger partial charge in [-0.05, 0) is 43.3 Å². The lowest BCUT2D eigenvalue weighted by atomic mass is 10.1. The summed E-state index contributed by atoms with van der Waals surface area (Å²) in [5.74, 6) is 1.34. The largest absolute Gasteiger partial charge is 0.497 e. The number of nitrogens with two attached hydrogens (primary N) is 1. The van der Waals surface area contributed by atoms with Crippen molar-refractivity contribution in [3.8, 4) is 5.75 Å². The number of rotatable bonds is 5. The fraction of sp³-hybridized carbons (Fsp3) is 0.222. The maximum absolute atomic E-state index is 12.6. The molecule has 0 amide bonds. The Morgan fingerprint density at radius 1 is 1.17 bits per heavy atom. The van der Waals surface area contributed by atoms with E-state index in [1.807, 2.05) is 40.3 Å². The number of nitrogen functional groups attached to an aromatic ring is 1. The van der Waals surface area contributed by atoms with Crippen molar-refractivity contribution < 1.29 is 14.1 Å². The molecule has 3 rings (SSSR count). The minimum Gasteiger partial charge on any atom is -0.497 e. The zero-order valence-corrected chi connectivity index (χ0v) is 13.3. The SMILES string of the molecule is CCn1c(N)[n+](CC(=O)c2ccc(OC)cc2)c2ccccc21. The summed E-state index contributed by atoms with van der Waals surface area (Å²) in [6.07, 6.45) is 0. The number of anilines is 1. The summed E-state index contributed by atoms with van der Waals surface area (Å²) in [7, 11) is 1.60. The third kappa shape index (κ3) is 2.65. The second-order valence-corrected chi connectivity index (χ2v) is 5.33. The number of para-hydroxylation sites is 2. The van der Waals surface area contributed by atoms with E-state index in [1.54, 1.807) is 31.4 Å². The lowest BCUT2D eigenvalue weighted by Crippen LogP contribution is -2.40. The number of benzene rings is 2. The summed E-state index contributed by atoms with van der Waals surface area (Å²) >= 11 is 0. The number of nitrogens with zero attached hydrogens (tertiary/aromatic N) is 2. The van der Waals surface area contributed by atoms with E-state index in [2.05, 4.69) is 0 Å². The number of carbonyl (C=O) groups is 1. The maximum atomic E-state index is 12.6. The van der Waals surface area contributed by atoms with E-state index in [1.165, 1.54) is 0 Å². The van der Waals surface area contributed by atoms with E-state index in [-0.39, 0.29) is 12.3 Å². The first-order valence-electron chi connectivity index (χ1n) is 7.59. The summed E-state index contributed by atoms with van der Waals surface area (Å²) in [4.78, 5) is 12.6. The van der Waals surface area contributed by atoms with Crippen LogP contribution in [0.25, 0.3) is 11.0 Å². The van der Waals surface area contributed by atoms with Crippen LogP contribution in [-0.2, 0) is 13.1 Å². The second kappa shape index (κ2) is 6.12. The molecule has 0 aliphatic rings. The smallest absolute Gasteiger partial charge is 0.356 e. The first-order valence-corrected chi connectivity index (χ1v) is 7.59. The predicted octanol–water partition coefficient (Wildman–Crippen LogP) is 2.42. The minimum absolute atomic E-state index is 0.0170. The van der Waals surface area contributed by atoms with Gasteiger partial charge in [0.1, 0.15) is 23.3 Å². The molecule has 0 saturated heterocycles. The number of fused-ring (bicyclic) bond motifs is 1. The molecular formula is C18H20N3O2+. The summed E-state index contributed by atoms with van der Waals surface area (Å²) in [6.45, 7) is 3.01. The predicted molar refractivity (Wildman–Crippen MR) is 89.5 cm³/mol. The van der Waals surface area contributed by atoms with Crippen molar-refractivity contribution in [3.05, 3.63) is 54.1 Å².